The van der Waals surface area contributed by atoms with Crippen molar-refractivity contribution in [1.29, 1.82) is 0 Å². The highest BCUT2D eigenvalue weighted by molar-refractivity contribution is 5.77. The lowest BCUT2D eigenvalue weighted by atomic mass is 10.2. The molecule has 0 spiro atoms. The Hall–Kier alpha value is -2.57. The lowest BCUT2D eigenvalue weighted by Gasteiger charge is -2.21. The Morgan fingerprint density at radius 3 is 2.50 bits per heavy atom. The van der Waals surface area contributed by atoms with Gasteiger partial charge in [0.15, 0.2) is 0 Å². The third-order valence-electron chi connectivity index (χ3n) is 5.10. The first-order valence-corrected chi connectivity index (χ1v) is 10.6. The normalized spacial score (nSPS) is 14.9. The van der Waals surface area contributed by atoms with E-state index in [0.717, 1.165) is 49.5 Å². The standard InChI is InChI=1S/C24H32N2O4/c1-25(18-21(27)19-30-22-7-3-2-4-8-22)17-20-10-12-23(13-11-20)29-16-6-15-26-14-5-9-24(26)28/h2-4,7-8,10-13,21,27H,5-6,9,14-19H2,1H3/t21-/m0/s1. The molecule has 1 atom stereocenters. The molecule has 1 aliphatic heterocycles. The first kappa shape index (κ1) is 22.1. The van der Waals surface area contributed by atoms with E-state index in [4.69, 9.17) is 9.47 Å². The number of hydrogen-bond donors (Lipinski definition) is 1. The van der Waals surface area contributed by atoms with E-state index in [1.807, 2.05) is 66.5 Å². The van der Waals surface area contributed by atoms with E-state index < -0.39 is 6.10 Å². The van der Waals surface area contributed by atoms with Crippen LogP contribution < -0.4 is 9.47 Å². The molecule has 2 aromatic rings. The van der Waals surface area contributed by atoms with Crippen molar-refractivity contribution in [3.8, 4) is 11.5 Å². The molecular weight excluding hydrogens is 380 g/mol. The molecule has 0 aliphatic carbocycles. The zero-order valence-electron chi connectivity index (χ0n) is 17.7. The summed E-state index contributed by atoms with van der Waals surface area (Å²) in [6, 6.07) is 17.6. The van der Waals surface area contributed by atoms with Crippen LogP contribution in [0.15, 0.2) is 54.6 Å². The molecule has 3 rings (SSSR count). The first-order chi connectivity index (χ1) is 14.6. The van der Waals surface area contributed by atoms with Crippen LogP contribution >= 0.6 is 0 Å². The third kappa shape index (κ3) is 7.35. The average Bonchev–Trinajstić information content (AvgIpc) is 3.16. The van der Waals surface area contributed by atoms with Crippen LogP contribution in [0.5, 0.6) is 11.5 Å². The van der Waals surface area contributed by atoms with Crippen molar-refractivity contribution < 1.29 is 19.4 Å². The number of aliphatic hydroxyl groups is 1. The summed E-state index contributed by atoms with van der Waals surface area (Å²) in [5.74, 6) is 1.87. The second-order valence-corrected chi connectivity index (χ2v) is 7.80. The summed E-state index contributed by atoms with van der Waals surface area (Å²) in [5.41, 5.74) is 1.16. The molecule has 0 aromatic heterocycles. The summed E-state index contributed by atoms with van der Waals surface area (Å²) < 4.78 is 11.4. The average molecular weight is 413 g/mol. The highest BCUT2D eigenvalue weighted by Crippen LogP contribution is 2.15. The van der Waals surface area contributed by atoms with Gasteiger partial charge >= 0.3 is 0 Å². The third-order valence-corrected chi connectivity index (χ3v) is 5.10. The maximum Gasteiger partial charge on any atom is 0.222 e. The van der Waals surface area contributed by atoms with Gasteiger partial charge in [0.1, 0.15) is 24.2 Å². The molecule has 1 N–H and O–H groups in total. The zero-order valence-corrected chi connectivity index (χ0v) is 17.7. The summed E-state index contributed by atoms with van der Waals surface area (Å²) in [5, 5.41) is 10.2. The van der Waals surface area contributed by atoms with Crippen molar-refractivity contribution in [3.63, 3.8) is 0 Å². The molecule has 2 aromatic carbocycles. The van der Waals surface area contributed by atoms with Crippen molar-refractivity contribution >= 4 is 5.91 Å². The number of para-hydroxylation sites is 1. The Kier molecular flexibility index (Phi) is 8.53. The largest absolute Gasteiger partial charge is 0.494 e. The minimum Gasteiger partial charge on any atom is -0.494 e. The lowest BCUT2D eigenvalue weighted by Crippen LogP contribution is -2.32. The molecular formula is C24H32N2O4. The van der Waals surface area contributed by atoms with Gasteiger partial charge in [-0.3, -0.25) is 9.69 Å². The number of carbonyl (C=O) groups is 1. The molecule has 1 amide bonds. The summed E-state index contributed by atoms with van der Waals surface area (Å²) in [7, 11) is 1.98. The van der Waals surface area contributed by atoms with Crippen LogP contribution in [0.2, 0.25) is 0 Å². The van der Waals surface area contributed by atoms with Crippen LogP contribution in [0.3, 0.4) is 0 Å². The lowest BCUT2D eigenvalue weighted by molar-refractivity contribution is -0.127. The first-order valence-electron chi connectivity index (χ1n) is 10.6. The maximum atomic E-state index is 11.6. The van der Waals surface area contributed by atoms with Gasteiger partial charge in [-0.05, 0) is 49.7 Å². The topological polar surface area (TPSA) is 62.2 Å². The van der Waals surface area contributed by atoms with Gasteiger partial charge in [-0.2, -0.15) is 0 Å². The SMILES string of the molecule is CN(Cc1ccc(OCCCN2CCCC2=O)cc1)C[C@H](O)COc1ccccc1. The number of hydrogen-bond acceptors (Lipinski definition) is 5. The Morgan fingerprint density at radius 2 is 1.80 bits per heavy atom. The van der Waals surface area contributed by atoms with E-state index in [2.05, 4.69) is 4.90 Å². The molecule has 0 saturated carbocycles. The molecule has 0 radical (unpaired) electrons. The van der Waals surface area contributed by atoms with Crippen molar-refractivity contribution in [3.05, 3.63) is 60.2 Å². The summed E-state index contributed by atoms with van der Waals surface area (Å²) in [6.07, 6.45) is 1.96. The molecule has 30 heavy (non-hydrogen) atoms. The summed E-state index contributed by atoms with van der Waals surface area (Å²) in [6.45, 7) is 3.80. The molecule has 162 valence electrons. The second-order valence-electron chi connectivity index (χ2n) is 7.80. The molecule has 0 unspecified atom stereocenters. The van der Waals surface area contributed by atoms with Crippen molar-refractivity contribution in [2.75, 3.05) is 39.9 Å². The van der Waals surface area contributed by atoms with Gasteiger partial charge in [-0.1, -0.05) is 30.3 Å². The highest BCUT2D eigenvalue weighted by Gasteiger charge is 2.19. The highest BCUT2D eigenvalue weighted by atomic mass is 16.5. The molecule has 1 saturated heterocycles. The molecule has 1 fully saturated rings. The fourth-order valence-electron chi connectivity index (χ4n) is 3.57. The van der Waals surface area contributed by atoms with Gasteiger partial charge < -0.3 is 19.5 Å². The zero-order chi connectivity index (χ0) is 21.2. The molecule has 6 nitrogen and oxygen atoms in total. The molecule has 1 heterocycles. The monoisotopic (exact) mass is 412 g/mol. The number of likely N-dealkylation sites (N-methyl/N-ethyl adjacent to an activating group) is 1. The number of rotatable bonds is 12. The number of carbonyl (C=O) groups excluding carboxylic acids is 1. The van der Waals surface area contributed by atoms with Gasteiger partial charge in [0.05, 0.1) is 6.61 Å². The number of amides is 1. The van der Waals surface area contributed by atoms with E-state index in [9.17, 15) is 9.90 Å². The van der Waals surface area contributed by atoms with Crippen molar-refractivity contribution in [2.45, 2.75) is 31.9 Å². The van der Waals surface area contributed by atoms with E-state index in [1.165, 1.54) is 0 Å². The number of likely N-dealkylation sites (tertiary alicyclic amines) is 1. The fraction of sp³-hybridized carbons (Fsp3) is 0.458. The summed E-state index contributed by atoms with van der Waals surface area (Å²) >= 11 is 0. The fourth-order valence-corrected chi connectivity index (χ4v) is 3.57. The van der Waals surface area contributed by atoms with Crippen LogP contribution in [-0.4, -0.2) is 66.8 Å². The number of nitrogens with zero attached hydrogens (tertiary/aromatic N) is 2. The van der Waals surface area contributed by atoms with E-state index >= 15 is 0 Å². The van der Waals surface area contributed by atoms with Gasteiger partial charge in [0, 0.05) is 32.6 Å². The van der Waals surface area contributed by atoms with Crippen molar-refractivity contribution in [2.24, 2.45) is 0 Å². The van der Waals surface area contributed by atoms with E-state index in [1.54, 1.807) is 0 Å². The van der Waals surface area contributed by atoms with E-state index in [0.29, 0.717) is 19.6 Å². The minimum atomic E-state index is -0.555. The Balaban J connectivity index is 1.32. The Labute approximate surface area is 179 Å². The van der Waals surface area contributed by atoms with Crippen LogP contribution in [0.4, 0.5) is 0 Å². The molecule has 1 aliphatic rings. The molecule has 6 heteroatoms. The van der Waals surface area contributed by atoms with Crippen LogP contribution in [-0.2, 0) is 11.3 Å². The number of aliphatic hydroxyl groups excluding tert-OH is 1. The van der Waals surface area contributed by atoms with Gasteiger partial charge in [0.25, 0.3) is 0 Å². The van der Waals surface area contributed by atoms with E-state index in [-0.39, 0.29) is 12.5 Å². The van der Waals surface area contributed by atoms with Crippen molar-refractivity contribution in [1.82, 2.24) is 9.80 Å². The molecule has 0 bridgehead atoms. The Bertz CT molecular complexity index is 767. The quantitative estimate of drug-likeness (QED) is 0.543. The predicted molar refractivity (Wildman–Crippen MR) is 117 cm³/mol. The summed E-state index contributed by atoms with van der Waals surface area (Å²) in [4.78, 5) is 15.6. The smallest absolute Gasteiger partial charge is 0.222 e. The van der Waals surface area contributed by atoms with Crippen LogP contribution in [0.1, 0.15) is 24.8 Å². The predicted octanol–water partition coefficient (Wildman–Crippen LogP) is 2.95. The number of benzene rings is 2. The second kappa shape index (κ2) is 11.6. The minimum absolute atomic E-state index is 0.264. The van der Waals surface area contributed by atoms with Gasteiger partial charge in [-0.15, -0.1) is 0 Å². The maximum absolute atomic E-state index is 11.6. The van der Waals surface area contributed by atoms with Gasteiger partial charge in [-0.25, -0.2) is 0 Å². The number of ether oxygens (including phenoxy) is 2. The van der Waals surface area contributed by atoms with Crippen LogP contribution in [0.25, 0.3) is 0 Å². The van der Waals surface area contributed by atoms with Crippen LogP contribution in [0, 0.1) is 0 Å². The Morgan fingerprint density at radius 1 is 1.07 bits per heavy atom. The van der Waals surface area contributed by atoms with Gasteiger partial charge in [0.2, 0.25) is 5.91 Å².